The summed E-state index contributed by atoms with van der Waals surface area (Å²) in [6.07, 6.45) is 1.73. The lowest BCUT2D eigenvalue weighted by molar-refractivity contribution is 0.560. The molecule has 2 aromatic heterocycles. The molecule has 1 saturated carbocycles. The second-order valence-electron chi connectivity index (χ2n) is 8.06. The molecule has 0 radical (unpaired) electrons. The van der Waals surface area contributed by atoms with Gasteiger partial charge in [-0.3, -0.25) is 9.36 Å². The van der Waals surface area contributed by atoms with Gasteiger partial charge < -0.3 is 11.1 Å². The van der Waals surface area contributed by atoms with Gasteiger partial charge in [0, 0.05) is 29.8 Å². The number of nitrogen functional groups attached to an aromatic ring is 1. The smallest absolute Gasteiger partial charge is 0.279 e. The van der Waals surface area contributed by atoms with Crippen LogP contribution < -0.4 is 16.6 Å². The van der Waals surface area contributed by atoms with Crippen molar-refractivity contribution in [2.45, 2.75) is 32.4 Å². The Balaban J connectivity index is 1.61. The highest BCUT2D eigenvalue weighted by Crippen LogP contribution is 2.37. The van der Waals surface area contributed by atoms with Crippen LogP contribution in [-0.4, -0.2) is 14.5 Å². The van der Waals surface area contributed by atoms with Crippen LogP contribution in [0, 0.1) is 18.6 Å². The molecule has 162 valence electrons. The fourth-order valence-corrected chi connectivity index (χ4v) is 3.82. The van der Waals surface area contributed by atoms with Crippen LogP contribution in [0.3, 0.4) is 0 Å². The minimum absolute atomic E-state index is 0.0303. The van der Waals surface area contributed by atoms with Crippen LogP contribution in [-0.2, 0) is 6.54 Å². The zero-order valence-corrected chi connectivity index (χ0v) is 17.4. The number of rotatable bonds is 5. The van der Waals surface area contributed by atoms with Crippen LogP contribution in [0.5, 0.6) is 0 Å². The molecule has 0 saturated heterocycles. The Morgan fingerprint density at radius 2 is 1.81 bits per heavy atom. The van der Waals surface area contributed by atoms with Gasteiger partial charge in [0.25, 0.3) is 5.56 Å². The van der Waals surface area contributed by atoms with Gasteiger partial charge in [0.2, 0.25) is 0 Å². The van der Waals surface area contributed by atoms with E-state index in [1.165, 1.54) is 18.2 Å². The molecular formula is C24H21F2N5O. The predicted molar refractivity (Wildman–Crippen MR) is 120 cm³/mol. The number of pyridine rings is 1. The Hall–Kier alpha value is -3.81. The minimum Gasteiger partial charge on any atom is -0.397 e. The van der Waals surface area contributed by atoms with Crippen molar-refractivity contribution >= 4 is 22.7 Å². The van der Waals surface area contributed by atoms with Gasteiger partial charge in [-0.2, -0.15) is 0 Å². The predicted octanol–water partition coefficient (Wildman–Crippen LogP) is 4.57. The fourth-order valence-electron chi connectivity index (χ4n) is 3.82. The molecule has 0 bridgehead atoms. The summed E-state index contributed by atoms with van der Waals surface area (Å²) in [6, 6.07) is 12.9. The standard InChI is InChI=1S/C24H21F2N5O/c1-13-4-2-5-14(10-13)21-24(32)31(15-8-9-15)23-22(30-21)19(27)11-20(29-23)28-12-16-17(25)6-3-7-18(16)26/h2-7,10-11,15H,8-9,12H2,1H3,(H3,27,28,29). The summed E-state index contributed by atoms with van der Waals surface area (Å²) < 4.78 is 29.6. The first-order valence-corrected chi connectivity index (χ1v) is 10.4. The average Bonchev–Trinajstić information content (AvgIpc) is 3.58. The number of benzene rings is 2. The van der Waals surface area contributed by atoms with E-state index in [0.717, 1.165) is 24.0 Å². The third-order valence-corrected chi connectivity index (χ3v) is 5.59. The zero-order chi connectivity index (χ0) is 22.4. The van der Waals surface area contributed by atoms with Gasteiger partial charge in [0.1, 0.15) is 28.7 Å². The molecule has 2 aromatic carbocycles. The number of hydrogen-bond donors (Lipinski definition) is 2. The Bertz CT molecular complexity index is 1390. The van der Waals surface area contributed by atoms with E-state index in [4.69, 9.17) is 5.73 Å². The van der Waals surface area contributed by atoms with Crippen LogP contribution in [0.2, 0.25) is 0 Å². The number of nitrogens with one attached hydrogen (secondary N) is 1. The second-order valence-corrected chi connectivity index (χ2v) is 8.06. The first-order valence-electron chi connectivity index (χ1n) is 10.4. The Morgan fingerprint density at radius 3 is 2.50 bits per heavy atom. The molecule has 8 heteroatoms. The number of fused-ring (bicyclic) bond motifs is 1. The average molecular weight is 433 g/mol. The molecule has 0 atom stereocenters. The molecule has 4 aromatic rings. The van der Waals surface area contributed by atoms with Crippen LogP contribution in [0.15, 0.2) is 53.3 Å². The van der Waals surface area contributed by atoms with Crippen LogP contribution >= 0.6 is 0 Å². The molecule has 1 aliphatic rings. The summed E-state index contributed by atoms with van der Waals surface area (Å²) >= 11 is 0. The number of nitrogens with zero attached hydrogens (tertiary/aromatic N) is 3. The highest BCUT2D eigenvalue weighted by Gasteiger charge is 2.29. The molecule has 0 spiro atoms. The third-order valence-electron chi connectivity index (χ3n) is 5.59. The summed E-state index contributed by atoms with van der Waals surface area (Å²) in [4.78, 5) is 22.5. The molecule has 0 aliphatic heterocycles. The number of hydrogen-bond acceptors (Lipinski definition) is 5. The lowest BCUT2D eigenvalue weighted by Crippen LogP contribution is -2.24. The monoisotopic (exact) mass is 433 g/mol. The second kappa shape index (κ2) is 7.71. The lowest BCUT2D eigenvalue weighted by atomic mass is 10.1. The largest absolute Gasteiger partial charge is 0.397 e. The molecule has 32 heavy (non-hydrogen) atoms. The highest BCUT2D eigenvalue weighted by molar-refractivity contribution is 5.88. The van der Waals surface area contributed by atoms with Crippen LogP contribution in [0.1, 0.15) is 30.0 Å². The van der Waals surface area contributed by atoms with Gasteiger partial charge in [-0.1, -0.05) is 29.8 Å². The summed E-state index contributed by atoms with van der Waals surface area (Å²) in [7, 11) is 0. The van der Waals surface area contributed by atoms with E-state index in [-0.39, 0.29) is 23.7 Å². The molecule has 1 fully saturated rings. The normalized spacial score (nSPS) is 13.5. The molecule has 0 amide bonds. The van der Waals surface area contributed by atoms with Crippen molar-refractivity contribution in [1.82, 2.24) is 14.5 Å². The van der Waals surface area contributed by atoms with E-state index in [0.29, 0.717) is 28.4 Å². The van der Waals surface area contributed by atoms with E-state index in [1.807, 2.05) is 31.2 Å². The van der Waals surface area contributed by atoms with Gasteiger partial charge in [0.15, 0.2) is 5.65 Å². The maximum Gasteiger partial charge on any atom is 0.279 e. The maximum atomic E-state index is 14.0. The molecule has 2 heterocycles. The number of anilines is 2. The minimum atomic E-state index is -0.648. The van der Waals surface area contributed by atoms with Crippen molar-refractivity contribution in [3.05, 3.63) is 81.6 Å². The van der Waals surface area contributed by atoms with E-state index in [2.05, 4.69) is 15.3 Å². The van der Waals surface area contributed by atoms with Crippen molar-refractivity contribution in [1.29, 1.82) is 0 Å². The van der Waals surface area contributed by atoms with Crippen molar-refractivity contribution in [2.24, 2.45) is 0 Å². The topological polar surface area (TPSA) is 85.8 Å². The Morgan fingerprint density at radius 1 is 1.09 bits per heavy atom. The SMILES string of the molecule is Cc1cccc(-c2nc3c(N)cc(NCc4c(F)cccc4F)nc3n(C3CC3)c2=O)c1. The summed E-state index contributed by atoms with van der Waals surface area (Å²) in [6.45, 7) is 1.84. The van der Waals surface area contributed by atoms with Gasteiger partial charge >= 0.3 is 0 Å². The van der Waals surface area contributed by atoms with Crippen LogP contribution in [0.4, 0.5) is 20.3 Å². The van der Waals surface area contributed by atoms with E-state index in [9.17, 15) is 13.6 Å². The molecular weight excluding hydrogens is 412 g/mol. The number of aryl methyl sites for hydroxylation is 1. The number of aromatic nitrogens is 3. The molecule has 3 N–H and O–H groups in total. The molecule has 0 unspecified atom stereocenters. The van der Waals surface area contributed by atoms with Gasteiger partial charge in [-0.05, 0) is 38.0 Å². The van der Waals surface area contributed by atoms with Gasteiger partial charge in [-0.15, -0.1) is 0 Å². The first kappa shape index (κ1) is 20.1. The Labute approximate surface area is 182 Å². The zero-order valence-electron chi connectivity index (χ0n) is 17.4. The van der Waals surface area contributed by atoms with E-state index < -0.39 is 11.6 Å². The third kappa shape index (κ3) is 3.57. The fraction of sp³-hybridized carbons (Fsp3) is 0.208. The van der Waals surface area contributed by atoms with Gasteiger partial charge in [-0.25, -0.2) is 18.7 Å². The summed E-state index contributed by atoms with van der Waals surface area (Å²) in [5, 5.41) is 2.92. The number of halogens is 2. The van der Waals surface area contributed by atoms with E-state index >= 15 is 0 Å². The van der Waals surface area contributed by atoms with Crippen molar-refractivity contribution in [3.63, 3.8) is 0 Å². The summed E-state index contributed by atoms with van der Waals surface area (Å²) in [5.74, 6) is -0.979. The lowest BCUT2D eigenvalue weighted by Gasteiger charge is -2.15. The number of nitrogens with two attached hydrogens (primary N) is 1. The Kier molecular flexibility index (Phi) is 4.84. The van der Waals surface area contributed by atoms with Crippen molar-refractivity contribution < 1.29 is 8.78 Å². The summed E-state index contributed by atoms with van der Waals surface area (Å²) in [5.41, 5.74) is 9.17. The first-order chi connectivity index (χ1) is 15.4. The quantitative estimate of drug-likeness (QED) is 0.481. The maximum absolute atomic E-state index is 14.0. The van der Waals surface area contributed by atoms with Gasteiger partial charge in [0.05, 0.1) is 5.69 Å². The van der Waals surface area contributed by atoms with Crippen LogP contribution in [0.25, 0.3) is 22.4 Å². The molecule has 1 aliphatic carbocycles. The van der Waals surface area contributed by atoms with Crippen molar-refractivity contribution in [3.8, 4) is 11.3 Å². The highest BCUT2D eigenvalue weighted by atomic mass is 19.1. The van der Waals surface area contributed by atoms with Crippen molar-refractivity contribution in [2.75, 3.05) is 11.1 Å². The molecule has 6 nitrogen and oxygen atoms in total. The van der Waals surface area contributed by atoms with E-state index in [1.54, 1.807) is 10.6 Å². The molecule has 5 rings (SSSR count).